The summed E-state index contributed by atoms with van der Waals surface area (Å²) in [7, 11) is 1.65. The number of pyridine rings is 1. The van der Waals surface area contributed by atoms with E-state index in [4.69, 9.17) is 4.74 Å². The highest BCUT2D eigenvalue weighted by Crippen LogP contribution is 2.29. The smallest absolute Gasteiger partial charge is 0.257 e. The number of methoxy groups -OCH3 is 1. The normalized spacial score (nSPS) is 9.90. The van der Waals surface area contributed by atoms with Crippen LogP contribution < -0.4 is 10.1 Å². The van der Waals surface area contributed by atoms with Crippen LogP contribution >= 0.6 is 12.4 Å². The van der Waals surface area contributed by atoms with Crippen molar-refractivity contribution in [2.24, 2.45) is 0 Å². The largest absolute Gasteiger partial charge is 0.496 e. The lowest BCUT2D eigenvalue weighted by Gasteiger charge is -2.14. The highest BCUT2D eigenvalue weighted by atomic mass is 35.5. The molecule has 1 amide bonds. The fourth-order valence-electron chi connectivity index (χ4n) is 1.96. The van der Waals surface area contributed by atoms with Gasteiger partial charge in [-0.1, -0.05) is 13.8 Å². The standard InChI is InChI=1S/C16H18N2O2.ClH/c1-11(2)14-9-13(6-7-15(14)20-3)18-16(19)12-5-4-8-17-10-12;/h4-11H,1-3H3,(H,18,19);1H. The first-order valence-corrected chi connectivity index (χ1v) is 6.51. The van der Waals surface area contributed by atoms with Crippen molar-refractivity contribution in [3.63, 3.8) is 0 Å². The predicted octanol–water partition coefficient (Wildman–Crippen LogP) is 3.89. The SMILES string of the molecule is COc1ccc(NC(=O)c2cccnc2)cc1C(C)C.Cl. The molecule has 0 aliphatic carbocycles. The maximum atomic E-state index is 12.1. The molecule has 0 radical (unpaired) electrons. The minimum absolute atomic E-state index is 0. The summed E-state index contributed by atoms with van der Waals surface area (Å²) in [5, 5.41) is 2.87. The number of carbonyl (C=O) groups excluding carboxylic acids is 1. The van der Waals surface area contributed by atoms with Gasteiger partial charge >= 0.3 is 0 Å². The molecule has 1 aromatic heterocycles. The minimum atomic E-state index is -0.169. The zero-order valence-electron chi connectivity index (χ0n) is 12.3. The Morgan fingerprint density at radius 2 is 2.05 bits per heavy atom. The Balaban J connectivity index is 0.00000220. The molecule has 112 valence electrons. The molecule has 1 N–H and O–H groups in total. The number of hydrogen-bond acceptors (Lipinski definition) is 3. The molecular weight excluding hydrogens is 288 g/mol. The maximum Gasteiger partial charge on any atom is 0.257 e. The molecule has 0 spiro atoms. The molecule has 21 heavy (non-hydrogen) atoms. The van der Waals surface area contributed by atoms with Gasteiger partial charge in [0.05, 0.1) is 12.7 Å². The first kappa shape index (κ1) is 17.0. The molecule has 0 saturated carbocycles. The lowest BCUT2D eigenvalue weighted by Crippen LogP contribution is -2.12. The van der Waals surface area contributed by atoms with Crippen LogP contribution in [0.1, 0.15) is 35.7 Å². The van der Waals surface area contributed by atoms with Crippen LogP contribution in [0, 0.1) is 0 Å². The van der Waals surface area contributed by atoms with Crippen molar-refractivity contribution >= 4 is 24.0 Å². The number of aromatic nitrogens is 1. The molecular formula is C16H19ClN2O2. The lowest BCUT2D eigenvalue weighted by molar-refractivity contribution is 0.102. The summed E-state index contributed by atoms with van der Waals surface area (Å²) in [5.74, 6) is 0.984. The summed E-state index contributed by atoms with van der Waals surface area (Å²) in [6.45, 7) is 4.18. The van der Waals surface area contributed by atoms with E-state index in [1.807, 2.05) is 18.2 Å². The van der Waals surface area contributed by atoms with Crippen LogP contribution in [0.2, 0.25) is 0 Å². The number of amides is 1. The molecule has 0 unspecified atom stereocenters. The quantitative estimate of drug-likeness (QED) is 0.932. The van der Waals surface area contributed by atoms with E-state index >= 15 is 0 Å². The Morgan fingerprint density at radius 1 is 1.29 bits per heavy atom. The summed E-state index contributed by atoms with van der Waals surface area (Å²) < 4.78 is 5.33. The number of nitrogens with one attached hydrogen (secondary N) is 1. The molecule has 0 saturated heterocycles. The van der Waals surface area contributed by atoms with E-state index in [1.54, 1.807) is 31.6 Å². The number of rotatable bonds is 4. The third-order valence-electron chi connectivity index (χ3n) is 3.03. The van der Waals surface area contributed by atoms with Crippen molar-refractivity contribution in [3.05, 3.63) is 53.9 Å². The Bertz CT molecular complexity index is 600. The molecule has 0 atom stereocenters. The van der Waals surface area contributed by atoms with Gasteiger partial charge in [-0.3, -0.25) is 9.78 Å². The van der Waals surface area contributed by atoms with Crippen molar-refractivity contribution < 1.29 is 9.53 Å². The van der Waals surface area contributed by atoms with Crippen molar-refractivity contribution in [1.82, 2.24) is 4.98 Å². The van der Waals surface area contributed by atoms with Gasteiger partial charge in [-0.25, -0.2) is 0 Å². The third-order valence-corrected chi connectivity index (χ3v) is 3.03. The molecule has 1 heterocycles. The van der Waals surface area contributed by atoms with Crippen molar-refractivity contribution in [2.75, 3.05) is 12.4 Å². The summed E-state index contributed by atoms with van der Waals surface area (Å²) in [4.78, 5) is 16.0. The van der Waals surface area contributed by atoms with Crippen LogP contribution in [0.25, 0.3) is 0 Å². The molecule has 4 nitrogen and oxygen atoms in total. The zero-order valence-corrected chi connectivity index (χ0v) is 13.1. The maximum absolute atomic E-state index is 12.1. The average Bonchev–Trinajstić information content (AvgIpc) is 2.48. The van der Waals surface area contributed by atoms with Gasteiger partial charge in [0, 0.05) is 18.1 Å². The van der Waals surface area contributed by atoms with E-state index in [2.05, 4.69) is 24.1 Å². The van der Waals surface area contributed by atoms with E-state index < -0.39 is 0 Å². The van der Waals surface area contributed by atoms with Crippen LogP contribution in [0.15, 0.2) is 42.7 Å². The van der Waals surface area contributed by atoms with Crippen LogP contribution in [-0.4, -0.2) is 18.0 Å². The Kier molecular flexibility index (Phi) is 6.18. The average molecular weight is 307 g/mol. The van der Waals surface area contributed by atoms with E-state index in [1.165, 1.54) is 0 Å². The number of carbonyl (C=O) groups is 1. The Labute approximate surface area is 131 Å². The predicted molar refractivity (Wildman–Crippen MR) is 86.5 cm³/mol. The molecule has 2 rings (SSSR count). The number of halogens is 1. The van der Waals surface area contributed by atoms with E-state index in [-0.39, 0.29) is 18.3 Å². The second-order valence-corrected chi connectivity index (χ2v) is 4.81. The summed E-state index contributed by atoms with van der Waals surface area (Å²) in [5.41, 5.74) is 2.36. The number of nitrogens with zero attached hydrogens (tertiary/aromatic N) is 1. The first-order valence-electron chi connectivity index (χ1n) is 6.51. The van der Waals surface area contributed by atoms with Crippen LogP contribution in [-0.2, 0) is 0 Å². The molecule has 0 fully saturated rings. The Morgan fingerprint density at radius 3 is 2.62 bits per heavy atom. The summed E-state index contributed by atoms with van der Waals surface area (Å²) in [6, 6.07) is 9.11. The monoisotopic (exact) mass is 306 g/mol. The van der Waals surface area contributed by atoms with Crippen LogP contribution in [0.4, 0.5) is 5.69 Å². The second kappa shape index (κ2) is 7.64. The lowest BCUT2D eigenvalue weighted by atomic mass is 10.0. The number of hydrogen-bond donors (Lipinski definition) is 1. The van der Waals surface area contributed by atoms with Gasteiger partial charge in [-0.05, 0) is 41.8 Å². The van der Waals surface area contributed by atoms with Gasteiger partial charge < -0.3 is 10.1 Å². The van der Waals surface area contributed by atoms with Gasteiger partial charge in [-0.15, -0.1) is 12.4 Å². The highest BCUT2D eigenvalue weighted by molar-refractivity contribution is 6.04. The fourth-order valence-corrected chi connectivity index (χ4v) is 1.96. The van der Waals surface area contributed by atoms with Crippen LogP contribution in [0.5, 0.6) is 5.75 Å². The van der Waals surface area contributed by atoms with E-state index in [0.29, 0.717) is 11.5 Å². The first-order chi connectivity index (χ1) is 9.61. The molecule has 0 aliphatic heterocycles. The topological polar surface area (TPSA) is 51.2 Å². The second-order valence-electron chi connectivity index (χ2n) is 4.81. The molecule has 2 aromatic rings. The number of benzene rings is 1. The Hall–Kier alpha value is -2.07. The van der Waals surface area contributed by atoms with E-state index in [9.17, 15) is 4.79 Å². The van der Waals surface area contributed by atoms with Crippen molar-refractivity contribution in [1.29, 1.82) is 0 Å². The molecule has 0 bridgehead atoms. The van der Waals surface area contributed by atoms with Gasteiger partial charge in [0.25, 0.3) is 5.91 Å². The van der Waals surface area contributed by atoms with Gasteiger partial charge in [0.15, 0.2) is 0 Å². The number of anilines is 1. The number of ether oxygens (including phenoxy) is 1. The van der Waals surface area contributed by atoms with Gasteiger partial charge in [0.2, 0.25) is 0 Å². The highest BCUT2D eigenvalue weighted by Gasteiger charge is 2.11. The van der Waals surface area contributed by atoms with Gasteiger partial charge in [0.1, 0.15) is 5.75 Å². The van der Waals surface area contributed by atoms with Crippen molar-refractivity contribution in [3.8, 4) is 5.75 Å². The summed E-state index contributed by atoms with van der Waals surface area (Å²) in [6.07, 6.45) is 3.18. The fraction of sp³-hybridized carbons (Fsp3) is 0.250. The molecule has 0 aliphatic rings. The summed E-state index contributed by atoms with van der Waals surface area (Å²) >= 11 is 0. The molecule has 5 heteroatoms. The van der Waals surface area contributed by atoms with Crippen LogP contribution in [0.3, 0.4) is 0 Å². The van der Waals surface area contributed by atoms with Gasteiger partial charge in [-0.2, -0.15) is 0 Å². The van der Waals surface area contributed by atoms with Crippen molar-refractivity contribution in [2.45, 2.75) is 19.8 Å². The molecule has 1 aromatic carbocycles. The van der Waals surface area contributed by atoms with E-state index in [0.717, 1.165) is 17.0 Å². The zero-order chi connectivity index (χ0) is 14.5. The minimum Gasteiger partial charge on any atom is -0.496 e. The third kappa shape index (κ3) is 4.20.